The smallest absolute Gasteiger partial charge is 0.240 e. The van der Waals surface area contributed by atoms with Gasteiger partial charge in [-0.25, -0.2) is 17.5 Å². The predicted octanol–water partition coefficient (Wildman–Crippen LogP) is 4.35. The van der Waals surface area contributed by atoms with E-state index in [1.807, 2.05) is 6.07 Å². The maximum Gasteiger partial charge on any atom is 0.240 e. The predicted molar refractivity (Wildman–Crippen MR) is 116 cm³/mol. The molecular weight excluding hydrogens is 466 g/mol. The summed E-state index contributed by atoms with van der Waals surface area (Å²) in [6, 6.07) is 11.9. The zero-order valence-corrected chi connectivity index (χ0v) is 18.5. The molecule has 2 aromatic carbocycles. The maximum absolute atomic E-state index is 15.2. The second-order valence-electron chi connectivity index (χ2n) is 6.61. The van der Waals surface area contributed by atoms with Crippen LogP contribution in [-0.4, -0.2) is 33.1 Å². The minimum atomic E-state index is -3.94. The average Bonchev–Trinajstić information content (AvgIpc) is 2.75. The highest BCUT2D eigenvalue weighted by molar-refractivity contribution is 7.89. The minimum Gasteiger partial charge on any atom is -0.497 e. The molecule has 1 aliphatic carbocycles. The molecule has 6 nitrogen and oxygen atoms in total. The van der Waals surface area contributed by atoms with Crippen molar-refractivity contribution < 1.29 is 22.3 Å². The van der Waals surface area contributed by atoms with Gasteiger partial charge in [-0.2, -0.15) is 5.26 Å². The lowest BCUT2D eigenvalue weighted by molar-refractivity contribution is 0.236. The van der Waals surface area contributed by atoms with Gasteiger partial charge in [-0.1, -0.05) is 23.8 Å². The van der Waals surface area contributed by atoms with E-state index in [4.69, 9.17) is 37.9 Å². The number of hydrogen-bond acceptors (Lipinski definition) is 5. The van der Waals surface area contributed by atoms with E-state index in [1.165, 1.54) is 67.8 Å². The summed E-state index contributed by atoms with van der Waals surface area (Å²) in [4.78, 5) is -1.74. The summed E-state index contributed by atoms with van der Waals surface area (Å²) in [5.41, 5.74) is 0.245. The number of hydrogen-bond donors (Lipinski definition) is 1. The SMILES string of the molecule is COc1ccc(S(=O)(=O)NCC2(Cl)C=CC=C(Oc3cc(Cl)cc(C#N)c3)C2F)cc1. The minimum absolute atomic E-state index is 0.0151. The largest absolute Gasteiger partial charge is 0.497 e. The number of allylic oxidation sites excluding steroid dienone is 3. The molecule has 0 aromatic heterocycles. The van der Waals surface area contributed by atoms with Crippen molar-refractivity contribution >= 4 is 33.2 Å². The molecule has 1 N–H and O–H groups in total. The van der Waals surface area contributed by atoms with Crippen LogP contribution in [0.5, 0.6) is 11.5 Å². The summed E-state index contributed by atoms with van der Waals surface area (Å²) in [6.45, 7) is -0.430. The Morgan fingerprint density at radius 2 is 1.94 bits per heavy atom. The summed E-state index contributed by atoms with van der Waals surface area (Å²) in [5, 5.41) is 9.29. The number of benzene rings is 2. The number of nitriles is 1. The van der Waals surface area contributed by atoms with Gasteiger partial charge in [0.25, 0.3) is 0 Å². The lowest BCUT2D eigenvalue weighted by atomic mass is 9.96. The van der Waals surface area contributed by atoms with Crippen LogP contribution in [0.15, 0.2) is 71.3 Å². The fourth-order valence-electron chi connectivity index (χ4n) is 2.81. The molecule has 10 heteroatoms. The van der Waals surface area contributed by atoms with Crippen molar-refractivity contribution in [3.05, 3.63) is 77.0 Å². The highest BCUT2D eigenvalue weighted by Gasteiger charge is 2.41. The molecule has 0 fully saturated rings. The van der Waals surface area contributed by atoms with Crippen LogP contribution < -0.4 is 14.2 Å². The molecule has 0 heterocycles. The van der Waals surface area contributed by atoms with Crippen LogP contribution in [0.4, 0.5) is 4.39 Å². The standard InChI is InChI=1S/C21H17Cl2FN2O4S/c1-29-16-4-6-18(7-5-16)31(27,28)26-13-21(23)8-2-3-19(20(21)24)30-17-10-14(12-25)9-15(22)11-17/h2-11,20,26H,13H2,1H3. The molecule has 0 amide bonds. The van der Waals surface area contributed by atoms with Gasteiger partial charge in [-0.05, 0) is 48.5 Å². The topological polar surface area (TPSA) is 88.4 Å². The average molecular weight is 483 g/mol. The van der Waals surface area contributed by atoms with Crippen LogP contribution in [-0.2, 0) is 10.0 Å². The number of nitrogens with zero attached hydrogens (tertiary/aromatic N) is 1. The molecule has 0 saturated carbocycles. The summed E-state index contributed by atoms with van der Waals surface area (Å²) in [5.74, 6) is 0.512. The number of sulfonamides is 1. The van der Waals surface area contributed by atoms with Gasteiger partial charge in [0.2, 0.25) is 10.0 Å². The van der Waals surface area contributed by atoms with Gasteiger partial charge in [0.1, 0.15) is 22.1 Å². The first-order valence-electron chi connectivity index (χ1n) is 8.91. The van der Waals surface area contributed by atoms with E-state index in [1.54, 1.807) is 0 Å². The number of ether oxygens (including phenoxy) is 2. The zero-order valence-electron chi connectivity index (χ0n) is 16.2. The molecule has 2 aromatic rings. The van der Waals surface area contributed by atoms with Crippen LogP contribution in [0.2, 0.25) is 5.02 Å². The summed E-state index contributed by atoms with van der Waals surface area (Å²) < 4.78 is 53.2. The molecule has 2 atom stereocenters. The van der Waals surface area contributed by atoms with Gasteiger partial charge in [0, 0.05) is 11.6 Å². The van der Waals surface area contributed by atoms with E-state index in [0.29, 0.717) is 5.75 Å². The molecular formula is C21H17Cl2FN2O4S. The van der Waals surface area contributed by atoms with E-state index in [2.05, 4.69) is 4.72 Å². The Hall–Kier alpha value is -2.57. The van der Waals surface area contributed by atoms with Crippen molar-refractivity contribution in [1.29, 1.82) is 5.26 Å². The van der Waals surface area contributed by atoms with Crippen molar-refractivity contribution in [1.82, 2.24) is 4.72 Å². The lowest BCUT2D eigenvalue weighted by Gasteiger charge is -2.31. The fraction of sp³-hybridized carbons (Fsp3) is 0.190. The second-order valence-corrected chi connectivity index (χ2v) is 9.51. The van der Waals surface area contributed by atoms with E-state index in [-0.39, 0.29) is 27.0 Å². The van der Waals surface area contributed by atoms with E-state index < -0.39 is 27.6 Å². The number of alkyl halides is 2. The van der Waals surface area contributed by atoms with Gasteiger partial charge in [-0.15, -0.1) is 11.6 Å². The number of nitrogens with one attached hydrogen (secondary N) is 1. The Morgan fingerprint density at radius 1 is 1.23 bits per heavy atom. The first kappa shape index (κ1) is 23.1. The molecule has 0 saturated heterocycles. The normalized spacial score (nSPS) is 20.6. The van der Waals surface area contributed by atoms with Crippen molar-refractivity contribution in [3.8, 4) is 17.6 Å². The number of halogens is 3. The number of methoxy groups -OCH3 is 1. The van der Waals surface area contributed by atoms with E-state index >= 15 is 4.39 Å². The van der Waals surface area contributed by atoms with Crippen molar-refractivity contribution in [2.75, 3.05) is 13.7 Å². The van der Waals surface area contributed by atoms with Crippen LogP contribution in [0, 0.1) is 11.3 Å². The Bertz CT molecular complexity index is 1180. The number of rotatable bonds is 7. The monoisotopic (exact) mass is 482 g/mol. The molecule has 1 aliphatic rings. The highest BCUT2D eigenvalue weighted by atomic mass is 35.5. The summed E-state index contributed by atoms with van der Waals surface area (Å²) >= 11 is 12.4. The molecule has 162 valence electrons. The first-order valence-corrected chi connectivity index (χ1v) is 11.2. The molecule has 0 spiro atoms. The molecule has 2 unspecified atom stereocenters. The van der Waals surface area contributed by atoms with Gasteiger partial charge < -0.3 is 9.47 Å². The molecule has 3 rings (SSSR count). The van der Waals surface area contributed by atoms with Crippen molar-refractivity contribution in [2.45, 2.75) is 15.9 Å². The molecule has 0 bridgehead atoms. The molecule has 31 heavy (non-hydrogen) atoms. The van der Waals surface area contributed by atoms with Gasteiger partial charge in [-0.3, -0.25) is 0 Å². The van der Waals surface area contributed by atoms with Gasteiger partial charge in [0.15, 0.2) is 6.17 Å². The Morgan fingerprint density at radius 3 is 2.58 bits per heavy atom. The fourth-order valence-corrected chi connectivity index (χ4v) is 4.45. The van der Waals surface area contributed by atoms with E-state index in [9.17, 15) is 8.42 Å². The van der Waals surface area contributed by atoms with E-state index in [0.717, 1.165) is 0 Å². The first-order chi connectivity index (χ1) is 14.7. The quantitative estimate of drug-likeness (QED) is 0.592. The molecule has 0 radical (unpaired) electrons. The lowest BCUT2D eigenvalue weighted by Crippen LogP contribution is -2.46. The van der Waals surface area contributed by atoms with Crippen LogP contribution in [0.3, 0.4) is 0 Å². The van der Waals surface area contributed by atoms with Crippen molar-refractivity contribution in [3.63, 3.8) is 0 Å². The highest BCUT2D eigenvalue weighted by Crippen LogP contribution is 2.35. The van der Waals surface area contributed by atoms with Gasteiger partial charge in [0.05, 0.1) is 23.6 Å². The third-order valence-corrected chi connectivity index (χ3v) is 6.53. The Labute approximate surface area is 189 Å². The van der Waals surface area contributed by atoms with Crippen LogP contribution in [0.1, 0.15) is 5.56 Å². The zero-order chi connectivity index (χ0) is 22.6. The third kappa shape index (κ3) is 5.38. The maximum atomic E-state index is 15.2. The van der Waals surface area contributed by atoms with Crippen LogP contribution >= 0.6 is 23.2 Å². The second kappa shape index (κ2) is 9.28. The summed E-state index contributed by atoms with van der Waals surface area (Å²) in [6.07, 6.45) is 2.31. The third-order valence-electron chi connectivity index (χ3n) is 4.44. The Balaban J connectivity index is 1.74. The Kier molecular flexibility index (Phi) is 6.92. The van der Waals surface area contributed by atoms with Crippen molar-refractivity contribution in [2.24, 2.45) is 0 Å². The van der Waals surface area contributed by atoms with Gasteiger partial charge >= 0.3 is 0 Å². The molecule has 0 aliphatic heterocycles. The van der Waals surface area contributed by atoms with Crippen LogP contribution in [0.25, 0.3) is 0 Å². The summed E-state index contributed by atoms with van der Waals surface area (Å²) in [7, 11) is -2.48.